The lowest BCUT2D eigenvalue weighted by Crippen LogP contribution is -2.16. The van der Waals surface area contributed by atoms with Crippen LogP contribution in [0.5, 0.6) is 0 Å². The second-order valence-corrected chi connectivity index (χ2v) is 7.91. The molecule has 0 saturated heterocycles. The van der Waals surface area contributed by atoms with E-state index in [1.165, 1.54) is 4.88 Å². The van der Waals surface area contributed by atoms with Gasteiger partial charge in [-0.25, -0.2) is 4.98 Å². The highest BCUT2D eigenvalue weighted by Gasteiger charge is 2.23. The van der Waals surface area contributed by atoms with Gasteiger partial charge in [0.2, 0.25) is 0 Å². The number of H-pyrrole nitrogens is 1. The summed E-state index contributed by atoms with van der Waals surface area (Å²) in [7, 11) is 0. The Morgan fingerprint density at radius 2 is 2.33 bits per heavy atom. The molecule has 5 nitrogen and oxygen atoms in total. The Balaban J connectivity index is 2.05. The third kappa shape index (κ3) is 2.72. The summed E-state index contributed by atoms with van der Waals surface area (Å²) < 4.78 is 0. The number of thioether (sulfide) groups is 1. The van der Waals surface area contributed by atoms with Gasteiger partial charge in [-0.3, -0.25) is 9.59 Å². The van der Waals surface area contributed by atoms with Crippen LogP contribution < -0.4 is 5.56 Å². The Bertz CT molecular complexity index is 765. The molecule has 7 heteroatoms. The SMILES string of the molecule is C[C@@H]1CCc2c(sc3nc(S[C@@H](C)C(=O)O)[nH]c(=O)c23)C1. The van der Waals surface area contributed by atoms with E-state index in [9.17, 15) is 9.59 Å². The summed E-state index contributed by atoms with van der Waals surface area (Å²) >= 11 is 2.64. The van der Waals surface area contributed by atoms with E-state index in [1.54, 1.807) is 18.3 Å². The standard InChI is InChI=1S/C14H16N2O3S2/c1-6-3-4-8-9(5-6)21-12-10(8)11(17)15-14(16-12)20-7(2)13(18)19/h6-7H,3-5H2,1-2H3,(H,18,19)(H,15,16,17)/t6-,7+/m1/s1. The maximum absolute atomic E-state index is 12.3. The average molecular weight is 324 g/mol. The van der Waals surface area contributed by atoms with E-state index in [2.05, 4.69) is 16.9 Å². The maximum Gasteiger partial charge on any atom is 0.316 e. The molecular weight excluding hydrogens is 308 g/mol. The van der Waals surface area contributed by atoms with Gasteiger partial charge in [-0.15, -0.1) is 11.3 Å². The largest absolute Gasteiger partial charge is 0.480 e. The number of aryl methyl sites for hydroxylation is 1. The van der Waals surface area contributed by atoms with E-state index in [0.717, 1.165) is 41.4 Å². The minimum Gasteiger partial charge on any atom is -0.480 e. The molecule has 0 fully saturated rings. The first-order valence-corrected chi connectivity index (χ1v) is 8.59. The van der Waals surface area contributed by atoms with Crippen molar-refractivity contribution in [3.63, 3.8) is 0 Å². The number of hydrogen-bond acceptors (Lipinski definition) is 5. The van der Waals surface area contributed by atoms with Crippen molar-refractivity contribution in [2.24, 2.45) is 5.92 Å². The van der Waals surface area contributed by atoms with Gasteiger partial charge in [-0.05, 0) is 37.7 Å². The van der Waals surface area contributed by atoms with Crippen molar-refractivity contribution >= 4 is 39.3 Å². The number of carboxylic acid groups (broad SMARTS) is 1. The van der Waals surface area contributed by atoms with Crippen LogP contribution in [0.15, 0.2) is 9.95 Å². The van der Waals surface area contributed by atoms with Gasteiger partial charge < -0.3 is 10.1 Å². The van der Waals surface area contributed by atoms with E-state index in [1.807, 2.05) is 0 Å². The first kappa shape index (κ1) is 14.6. The van der Waals surface area contributed by atoms with Crippen LogP contribution in [-0.2, 0) is 17.6 Å². The van der Waals surface area contributed by atoms with Crippen molar-refractivity contribution in [2.45, 2.75) is 43.5 Å². The minimum absolute atomic E-state index is 0.146. The Morgan fingerprint density at radius 3 is 3.05 bits per heavy atom. The summed E-state index contributed by atoms with van der Waals surface area (Å²) in [4.78, 5) is 32.4. The molecule has 0 radical (unpaired) electrons. The number of nitrogens with zero attached hydrogens (tertiary/aromatic N) is 1. The lowest BCUT2D eigenvalue weighted by atomic mass is 9.89. The van der Waals surface area contributed by atoms with Crippen LogP contribution in [0.4, 0.5) is 0 Å². The number of hydrogen-bond donors (Lipinski definition) is 2. The predicted molar refractivity (Wildman–Crippen MR) is 84.4 cm³/mol. The molecule has 2 heterocycles. The van der Waals surface area contributed by atoms with Crippen LogP contribution in [0.1, 0.15) is 30.7 Å². The Kier molecular flexibility index (Phi) is 3.79. The third-order valence-electron chi connectivity index (χ3n) is 3.78. The Morgan fingerprint density at radius 1 is 1.57 bits per heavy atom. The van der Waals surface area contributed by atoms with Gasteiger partial charge >= 0.3 is 5.97 Å². The Labute approximate surface area is 129 Å². The van der Waals surface area contributed by atoms with E-state index < -0.39 is 11.2 Å². The molecule has 0 aliphatic heterocycles. The molecule has 0 aromatic carbocycles. The molecule has 2 aromatic heterocycles. The first-order valence-electron chi connectivity index (χ1n) is 6.89. The van der Waals surface area contributed by atoms with Crippen LogP contribution in [0, 0.1) is 5.92 Å². The molecule has 0 spiro atoms. The number of aliphatic carboxylic acids is 1. The molecule has 21 heavy (non-hydrogen) atoms. The lowest BCUT2D eigenvalue weighted by molar-refractivity contribution is -0.136. The summed E-state index contributed by atoms with van der Waals surface area (Å²) in [6, 6.07) is 0. The van der Waals surface area contributed by atoms with E-state index >= 15 is 0 Å². The molecule has 1 aliphatic carbocycles. The number of thiophene rings is 1. The predicted octanol–water partition coefficient (Wildman–Crippen LogP) is 2.67. The van der Waals surface area contributed by atoms with Crippen LogP contribution in [-0.4, -0.2) is 26.3 Å². The third-order valence-corrected chi connectivity index (χ3v) is 5.90. The second-order valence-electron chi connectivity index (χ2n) is 5.50. The summed E-state index contributed by atoms with van der Waals surface area (Å²) in [5.41, 5.74) is 0.997. The first-order chi connectivity index (χ1) is 9.95. The summed E-state index contributed by atoms with van der Waals surface area (Å²) in [6.45, 7) is 3.80. The lowest BCUT2D eigenvalue weighted by Gasteiger charge is -2.17. The van der Waals surface area contributed by atoms with Crippen molar-refractivity contribution in [3.05, 3.63) is 20.8 Å². The van der Waals surface area contributed by atoms with E-state index in [0.29, 0.717) is 16.5 Å². The number of carboxylic acids is 1. The zero-order valence-electron chi connectivity index (χ0n) is 11.8. The highest BCUT2D eigenvalue weighted by molar-refractivity contribution is 8.00. The van der Waals surface area contributed by atoms with Gasteiger partial charge in [0.05, 0.1) is 5.39 Å². The Hall–Kier alpha value is -1.34. The van der Waals surface area contributed by atoms with E-state index in [4.69, 9.17) is 5.11 Å². The molecule has 1 aliphatic rings. The van der Waals surface area contributed by atoms with Gasteiger partial charge in [-0.2, -0.15) is 0 Å². The molecule has 0 unspecified atom stereocenters. The highest BCUT2D eigenvalue weighted by Crippen LogP contribution is 2.36. The molecule has 2 atom stereocenters. The normalized spacial score (nSPS) is 19.4. The van der Waals surface area contributed by atoms with Crippen molar-refractivity contribution in [1.82, 2.24) is 9.97 Å². The number of fused-ring (bicyclic) bond motifs is 3. The van der Waals surface area contributed by atoms with Gasteiger partial charge in [0.25, 0.3) is 5.56 Å². The van der Waals surface area contributed by atoms with Crippen LogP contribution in [0.25, 0.3) is 10.2 Å². The number of aromatic amines is 1. The van der Waals surface area contributed by atoms with Gasteiger partial charge in [0.15, 0.2) is 5.16 Å². The number of carbonyl (C=O) groups is 1. The molecule has 0 bridgehead atoms. The average Bonchev–Trinajstić information content (AvgIpc) is 2.75. The quantitative estimate of drug-likeness (QED) is 0.670. The minimum atomic E-state index is -0.915. The second kappa shape index (κ2) is 5.46. The van der Waals surface area contributed by atoms with Gasteiger partial charge in [0, 0.05) is 4.88 Å². The fourth-order valence-electron chi connectivity index (χ4n) is 2.60. The van der Waals surface area contributed by atoms with Gasteiger partial charge in [0.1, 0.15) is 10.1 Å². The summed E-state index contributed by atoms with van der Waals surface area (Å²) in [6.07, 6.45) is 3.04. The molecule has 2 aromatic rings. The molecule has 0 amide bonds. The molecule has 0 saturated carbocycles. The zero-order chi connectivity index (χ0) is 15.1. The smallest absolute Gasteiger partial charge is 0.316 e. The highest BCUT2D eigenvalue weighted by atomic mass is 32.2. The summed E-state index contributed by atoms with van der Waals surface area (Å²) in [5, 5.41) is 9.40. The van der Waals surface area contributed by atoms with Crippen molar-refractivity contribution in [1.29, 1.82) is 0 Å². The van der Waals surface area contributed by atoms with Crippen LogP contribution >= 0.6 is 23.1 Å². The summed E-state index contributed by atoms with van der Waals surface area (Å²) in [5.74, 6) is -0.271. The van der Waals surface area contributed by atoms with Crippen molar-refractivity contribution in [3.8, 4) is 0 Å². The molecule has 2 N–H and O–H groups in total. The van der Waals surface area contributed by atoms with Crippen LogP contribution in [0.2, 0.25) is 0 Å². The van der Waals surface area contributed by atoms with Crippen molar-refractivity contribution in [2.75, 3.05) is 0 Å². The fourth-order valence-corrected chi connectivity index (χ4v) is 4.78. The maximum atomic E-state index is 12.3. The number of aromatic nitrogens is 2. The zero-order valence-corrected chi connectivity index (χ0v) is 13.4. The molecule has 3 rings (SSSR count). The van der Waals surface area contributed by atoms with Gasteiger partial charge in [-0.1, -0.05) is 18.7 Å². The topological polar surface area (TPSA) is 83.0 Å². The number of nitrogens with one attached hydrogen (secondary N) is 1. The monoisotopic (exact) mass is 324 g/mol. The van der Waals surface area contributed by atoms with E-state index in [-0.39, 0.29) is 5.56 Å². The van der Waals surface area contributed by atoms with Crippen molar-refractivity contribution < 1.29 is 9.90 Å². The van der Waals surface area contributed by atoms with Crippen LogP contribution in [0.3, 0.4) is 0 Å². The number of rotatable bonds is 3. The molecular formula is C14H16N2O3S2. The fraction of sp³-hybridized carbons (Fsp3) is 0.500. The molecule has 112 valence electrons.